The molecular weight excluding hydrogens is 268 g/mol. The number of benzene rings is 1. The molecule has 1 fully saturated rings. The van der Waals surface area contributed by atoms with Crippen LogP contribution in [-0.2, 0) is 4.79 Å². The smallest absolute Gasteiger partial charge is 0.221 e. The molecule has 0 bridgehead atoms. The van der Waals surface area contributed by atoms with E-state index in [0.717, 1.165) is 0 Å². The topological polar surface area (TPSA) is 66.2 Å². The molecule has 21 heavy (non-hydrogen) atoms. The lowest BCUT2D eigenvalue weighted by atomic mass is 9.90. The van der Waals surface area contributed by atoms with Gasteiger partial charge in [0.1, 0.15) is 11.4 Å². The number of carbonyl (C=O) groups is 3. The van der Waals surface area contributed by atoms with Crippen LogP contribution in [0.15, 0.2) is 35.7 Å². The Balaban J connectivity index is 2.17. The molecule has 108 valence electrons. The van der Waals surface area contributed by atoms with Gasteiger partial charge in [0.2, 0.25) is 17.5 Å². The fourth-order valence-electron chi connectivity index (χ4n) is 2.81. The van der Waals surface area contributed by atoms with E-state index in [4.69, 9.17) is 0 Å². The van der Waals surface area contributed by atoms with Crippen LogP contribution < -0.4 is 5.32 Å². The first-order chi connectivity index (χ1) is 9.93. The zero-order chi connectivity index (χ0) is 15.3. The van der Waals surface area contributed by atoms with Crippen molar-refractivity contribution in [3.8, 4) is 0 Å². The SMILES string of the molecule is CC(=O)NC1=C(N2C(C)C2C)C(=O)c2ccccc2C1=O. The maximum absolute atomic E-state index is 12.7. The molecule has 2 atom stereocenters. The zero-order valence-corrected chi connectivity index (χ0v) is 12.1. The summed E-state index contributed by atoms with van der Waals surface area (Å²) in [4.78, 5) is 38.6. The van der Waals surface area contributed by atoms with Gasteiger partial charge < -0.3 is 10.2 Å². The predicted molar refractivity (Wildman–Crippen MR) is 76.7 cm³/mol. The van der Waals surface area contributed by atoms with Gasteiger partial charge in [0.15, 0.2) is 0 Å². The summed E-state index contributed by atoms with van der Waals surface area (Å²) in [5, 5.41) is 2.54. The van der Waals surface area contributed by atoms with Crippen LogP contribution in [0.3, 0.4) is 0 Å². The Labute approximate surface area is 122 Å². The van der Waals surface area contributed by atoms with Crippen molar-refractivity contribution in [2.24, 2.45) is 0 Å². The van der Waals surface area contributed by atoms with Crippen LogP contribution in [0.1, 0.15) is 41.5 Å². The van der Waals surface area contributed by atoms with Crippen LogP contribution >= 0.6 is 0 Å². The third kappa shape index (κ3) is 1.96. The molecular formula is C16H16N2O3. The largest absolute Gasteiger partial charge is 0.357 e. The van der Waals surface area contributed by atoms with Crippen LogP contribution in [0.2, 0.25) is 0 Å². The van der Waals surface area contributed by atoms with E-state index in [1.165, 1.54) is 6.92 Å². The van der Waals surface area contributed by atoms with Gasteiger partial charge in [-0.1, -0.05) is 24.3 Å². The minimum Gasteiger partial charge on any atom is -0.357 e. The second kappa shape index (κ2) is 4.55. The molecule has 0 radical (unpaired) electrons. The average molecular weight is 284 g/mol. The number of hydrogen-bond donors (Lipinski definition) is 1. The van der Waals surface area contributed by atoms with E-state index in [1.807, 2.05) is 18.7 Å². The molecule has 1 amide bonds. The number of Topliss-reactive ketones (excluding diaryl/α,β-unsaturated/α-hetero) is 2. The summed E-state index contributed by atoms with van der Waals surface area (Å²) < 4.78 is 0. The standard InChI is InChI=1S/C16H16N2O3/c1-8-9(2)18(8)14-13(17-10(3)19)15(20)11-6-4-5-7-12(11)16(14)21/h4-9H,1-3H3,(H,17,19). The van der Waals surface area contributed by atoms with Crippen molar-refractivity contribution in [1.82, 2.24) is 10.2 Å². The second-order valence-electron chi connectivity index (χ2n) is 5.50. The minimum atomic E-state index is -0.356. The molecule has 1 aromatic carbocycles. The molecule has 5 nitrogen and oxygen atoms in total. The second-order valence-corrected chi connectivity index (χ2v) is 5.50. The Hall–Kier alpha value is -2.43. The minimum absolute atomic E-state index is 0.0994. The predicted octanol–water partition coefficient (Wildman–Crippen LogP) is 1.51. The number of nitrogens with zero attached hydrogens (tertiary/aromatic N) is 1. The lowest BCUT2D eigenvalue weighted by Gasteiger charge is -2.22. The van der Waals surface area contributed by atoms with Crippen LogP contribution in [0.25, 0.3) is 0 Å². The summed E-state index contributed by atoms with van der Waals surface area (Å²) in [6.07, 6.45) is 0. The number of allylic oxidation sites excluding steroid dienone is 2. The molecule has 1 aliphatic heterocycles. The molecule has 1 saturated heterocycles. The fourth-order valence-corrected chi connectivity index (χ4v) is 2.81. The van der Waals surface area contributed by atoms with E-state index in [2.05, 4.69) is 5.32 Å². The van der Waals surface area contributed by atoms with Gasteiger partial charge in [0, 0.05) is 30.1 Å². The highest BCUT2D eigenvalue weighted by Crippen LogP contribution is 2.38. The Morgan fingerprint density at radius 3 is 2.05 bits per heavy atom. The number of ketones is 2. The number of carbonyl (C=O) groups excluding carboxylic acids is 3. The highest BCUT2D eigenvalue weighted by atomic mass is 16.2. The van der Waals surface area contributed by atoms with E-state index >= 15 is 0 Å². The van der Waals surface area contributed by atoms with Crippen LogP contribution in [0.4, 0.5) is 0 Å². The molecule has 0 spiro atoms. The number of fused-ring (bicyclic) bond motifs is 1. The Morgan fingerprint density at radius 1 is 1.05 bits per heavy atom. The summed E-state index contributed by atoms with van der Waals surface area (Å²) in [7, 11) is 0. The van der Waals surface area contributed by atoms with Crippen molar-refractivity contribution >= 4 is 17.5 Å². The molecule has 2 unspecified atom stereocenters. The zero-order valence-electron chi connectivity index (χ0n) is 12.1. The number of hydrogen-bond acceptors (Lipinski definition) is 4. The van der Waals surface area contributed by atoms with Gasteiger partial charge in [-0.25, -0.2) is 0 Å². The summed E-state index contributed by atoms with van der Waals surface area (Å²) in [6.45, 7) is 5.31. The van der Waals surface area contributed by atoms with Gasteiger partial charge in [-0.2, -0.15) is 0 Å². The van der Waals surface area contributed by atoms with Crippen molar-refractivity contribution in [3.05, 3.63) is 46.8 Å². The highest BCUT2D eigenvalue weighted by molar-refractivity contribution is 6.27. The van der Waals surface area contributed by atoms with E-state index in [1.54, 1.807) is 24.3 Å². The Kier molecular flexibility index (Phi) is 2.93. The van der Waals surface area contributed by atoms with Crippen molar-refractivity contribution in [3.63, 3.8) is 0 Å². The molecule has 3 rings (SSSR count). The van der Waals surface area contributed by atoms with Crippen LogP contribution in [-0.4, -0.2) is 34.5 Å². The van der Waals surface area contributed by atoms with Gasteiger partial charge in [0.25, 0.3) is 0 Å². The third-order valence-electron chi connectivity index (χ3n) is 4.14. The molecule has 1 heterocycles. The van der Waals surface area contributed by atoms with Crippen molar-refractivity contribution in [2.45, 2.75) is 32.9 Å². The first-order valence-corrected chi connectivity index (χ1v) is 6.92. The number of amides is 1. The molecule has 0 aromatic heterocycles. The number of rotatable bonds is 2. The van der Waals surface area contributed by atoms with Crippen LogP contribution in [0, 0.1) is 0 Å². The summed E-state index contributed by atoms with van der Waals surface area (Å²) >= 11 is 0. The molecule has 0 saturated carbocycles. The quantitative estimate of drug-likeness (QED) is 0.836. The fraction of sp³-hybridized carbons (Fsp3) is 0.312. The monoisotopic (exact) mass is 284 g/mol. The lowest BCUT2D eigenvalue weighted by Crippen LogP contribution is -2.35. The van der Waals surface area contributed by atoms with E-state index in [0.29, 0.717) is 16.8 Å². The summed E-state index contributed by atoms with van der Waals surface area (Å²) in [5.41, 5.74) is 1.16. The summed E-state index contributed by atoms with van der Waals surface area (Å²) in [5.74, 6) is -0.864. The first kappa shape index (κ1) is 13.5. The highest BCUT2D eigenvalue weighted by Gasteiger charge is 2.48. The van der Waals surface area contributed by atoms with Gasteiger partial charge in [0.05, 0.1) is 0 Å². The van der Waals surface area contributed by atoms with E-state index in [-0.39, 0.29) is 35.3 Å². The lowest BCUT2D eigenvalue weighted by molar-refractivity contribution is -0.118. The Bertz CT molecular complexity index is 697. The van der Waals surface area contributed by atoms with Crippen molar-refractivity contribution in [2.75, 3.05) is 0 Å². The van der Waals surface area contributed by atoms with E-state index < -0.39 is 0 Å². The molecule has 2 aliphatic rings. The maximum Gasteiger partial charge on any atom is 0.221 e. The first-order valence-electron chi connectivity index (χ1n) is 6.92. The molecule has 5 heteroatoms. The Morgan fingerprint density at radius 2 is 1.57 bits per heavy atom. The normalized spacial score (nSPS) is 24.0. The van der Waals surface area contributed by atoms with Gasteiger partial charge in [-0.05, 0) is 13.8 Å². The van der Waals surface area contributed by atoms with Crippen molar-refractivity contribution in [1.29, 1.82) is 0 Å². The average Bonchev–Trinajstić information content (AvgIpc) is 3.03. The van der Waals surface area contributed by atoms with Crippen molar-refractivity contribution < 1.29 is 14.4 Å². The van der Waals surface area contributed by atoms with E-state index in [9.17, 15) is 14.4 Å². The van der Waals surface area contributed by atoms with Gasteiger partial charge in [-0.3, -0.25) is 14.4 Å². The van der Waals surface area contributed by atoms with Gasteiger partial charge >= 0.3 is 0 Å². The van der Waals surface area contributed by atoms with Gasteiger partial charge in [-0.15, -0.1) is 0 Å². The summed E-state index contributed by atoms with van der Waals surface area (Å²) in [6, 6.07) is 7.09. The maximum atomic E-state index is 12.7. The molecule has 1 N–H and O–H groups in total. The third-order valence-corrected chi connectivity index (χ3v) is 4.14. The number of nitrogens with one attached hydrogen (secondary N) is 1. The van der Waals surface area contributed by atoms with Crippen LogP contribution in [0.5, 0.6) is 0 Å². The molecule has 1 aliphatic carbocycles. The molecule has 1 aromatic rings.